The molecule has 0 aliphatic carbocycles. The molecular formula is C26H25BrN2O2. The molecule has 0 radical (unpaired) electrons. The summed E-state index contributed by atoms with van der Waals surface area (Å²) < 4.78 is 0.594. The van der Waals surface area contributed by atoms with Crippen LogP contribution < -0.4 is 11.1 Å². The first kappa shape index (κ1) is 22.5. The van der Waals surface area contributed by atoms with Gasteiger partial charge in [0.1, 0.15) is 6.04 Å². The first-order valence-electron chi connectivity index (χ1n) is 10.0. The molecule has 2 amide bonds. The fraction of sp³-hybridized carbons (Fsp3) is 0.154. The Balaban J connectivity index is 2.11. The molecule has 3 rings (SSSR count). The topological polar surface area (TPSA) is 72.2 Å². The van der Waals surface area contributed by atoms with Gasteiger partial charge in [0.05, 0.1) is 5.41 Å². The lowest BCUT2D eigenvalue weighted by Crippen LogP contribution is -2.47. The second-order valence-electron chi connectivity index (χ2n) is 7.42. The molecule has 0 bridgehead atoms. The number of rotatable bonds is 9. The van der Waals surface area contributed by atoms with Gasteiger partial charge in [-0.3, -0.25) is 9.59 Å². The molecule has 4 nitrogen and oxygen atoms in total. The summed E-state index contributed by atoms with van der Waals surface area (Å²) in [6, 6.07) is 29.0. The Morgan fingerprint density at radius 3 is 1.55 bits per heavy atom. The first-order chi connectivity index (χ1) is 14.9. The monoisotopic (exact) mass is 476 g/mol. The number of carbonyl (C=O) groups excluding carboxylic acids is 2. The molecule has 3 N–H and O–H groups in total. The number of halogens is 1. The summed E-state index contributed by atoms with van der Waals surface area (Å²) in [5.41, 5.74) is 7.75. The van der Waals surface area contributed by atoms with Gasteiger partial charge in [-0.1, -0.05) is 114 Å². The Bertz CT molecular complexity index is 940. The van der Waals surface area contributed by atoms with E-state index in [4.69, 9.17) is 5.73 Å². The molecule has 0 fully saturated rings. The molecule has 0 aliphatic rings. The number of benzene rings is 3. The predicted octanol–water partition coefficient (Wildman–Crippen LogP) is 4.68. The quantitative estimate of drug-likeness (QED) is 0.440. The van der Waals surface area contributed by atoms with Crippen molar-refractivity contribution in [2.75, 3.05) is 0 Å². The third-order valence-corrected chi connectivity index (χ3v) is 5.65. The van der Waals surface area contributed by atoms with Gasteiger partial charge in [-0.15, -0.1) is 0 Å². The molecule has 0 saturated carbocycles. The Morgan fingerprint density at radius 2 is 1.23 bits per heavy atom. The summed E-state index contributed by atoms with van der Waals surface area (Å²) in [6.45, 7) is 3.76. The van der Waals surface area contributed by atoms with Gasteiger partial charge in [0.15, 0.2) is 0 Å². The number of amides is 2. The van der Waals surface area contributed by atoms with E-state index in [1.54, 1.807) is 0 Å². The summed E-state index contributed by atoms with van der Waals surface area (Å²) >= 11 is 3.25. The van der Waals surface area contributed by atoms with Crippen LogP contribution in [0.4, 0.5) is 0 Å². The van der Waals surface area contributed by atoms with Crippen LogP contribution >= 0.6 is 15.9 Å². The van der Waals surface area contributed by atoms with Crippen molar-refractivity contribution in [2.45, 2.75) is 24.3 Å². The molecule has 0 aromatic heterocycles. The molecule has 0 saturated heterocycles. The highest BCUT2D eigenvalue weighted by atomic mass is 79.9. The van der Waals surface area contributed by atoms with Gasteiger partial charge in [0.2, 0.25) is 11.8 Å². The van der Waals surface area contributed by atoms with Gasteiger partial charge < -0.3 is 11.1 Å². The zero-order chi connectivity index (χ0) is 22.3. The van der Waals surface area contributed by atoms with E-state index in [9.17, 15) is 9.59 Å². The molecule has 0 aliphatic heterocycles. The molecule has 3 aromatic carbocycles. The van der Waals surface area contributed by atoms with Crippen LogP contribution in [0.2, 0.25) is 0 Å². The summed E-state index contributed by atoms with van der Waals surface area (Å²) in [6.07, 6.45) is 0.347. The van der Waals surface area contributed by atoms with Crippen molar-refractivity contribution in [1.82, 2.24) is 5.32 Å². The number of hydrogen-bond donors (Lipinski definition) is 2. The molecule has 158 valence electrons. The second-order valence-corrected chi connectivity index (χ2v) is 8.55. The van der Waals surface area contributed by atoms with Crippen molar-refractivity contribution in [3.8, 4) is 0 Å². The Hall–Kier alpha value is -3.18. The van der Waals surface area contributed by atoms with Crippen LogP contribution in [0.25, 0.3) is 0 Å². The second kappa shape index (κ2) is 10.2. The molecule has 0 unspecified atom stereocenters. The number of primary amides is 1. The smallest absolute Gasteiger partial charge is 0.240 e. The van der Waals surface area contributed by atoms with Gasteiger partial charge in [0, 0.05) is 12.8 Å². The summed E-state index contributed by atoms with van der Waals surface area (Å²) in [5, 5.41) is 2.81. The zero-order valence-electron chi connectivity index (χ0n) is 17.1. The molecule has 31 heavy (non-hydrogen) atoms. The number of nitrogens with two attached hydrogens (primary N) is 1. The molecule has 0 spiro atoms. The van der Waals surface area contributed by atoms with Crippen molar-refractivity contribution in [1.29, 1.82) is 0 Å². The minimum absolute atomic E-state index is 0.115. The number of nitrogens with one attached hydrogen (secondary N) is 1. The van der Waals surface area contributed by atoms with Crippen LogP contribution in [0.1, 0.15) is 29.5 Å². The van der Waals surface area contributed by atoms with E-state index in [1.807, 2.05) is 91.0 Å². The first-order valence-corrected chi connectivity index (χ1v) is 10.8. The molecular weight excluding hydrogens is 452 g/mol. The molecule has 0 heterocycles. The minimum atomic E-state index is -0.834. The fourth-order valence-electron chi connectivity index (χ4n) is 3.90. The van der Waals surface area contributed by atoms with E-state index in [0.717, 1.165) is 16.7 Å². The van der Waals surface area contributed by atoms with E-state index < -0.39 is 17.4 Å². The van der Waals surface area contributed by atoms with E-state index in [0.29, 0.717) is 4.48 Å². The maximum Gasteiger partial charge on any atom is 0.240 e. The van der Waals surface area contributed by atoms with Gasteiger partial charge in [-0.05, 0) is 21.2 Å². The lowest BCUT2D eigenvalue weighted by atomic mass is 9.67. The highest BCUT2D eigenvalue weighted by Gasteiger charge is 2.39. The summed E-state index contributed by atoms with van der Waals surface area (Å²) in [4.78, 5) is 25.2. The van der Waals surface area contributed by atoms with Crippen LogP contribution in [-0.4, -0.2) is 17.9 Å². The largest absolute Gasteiger partial charge is 0.368 e. The average Bonchev–Trinajstić information content (AvgIpc) is 2.78. The minimum Gasteiger partial charge on any atom is -0.368 e. The van der Waals surface area contributed by atoms with E-state index in [-0.39, 0.29) is 18.7 Å². The van der Waals surface area contributed by atoms with Crippen molar-refractivity contribution in [2.24, 2.45) is 5.73 Å². The molecule has 1 atom stereocenters. The number of hydrogen-bond acceptors (Lipinski definition) is 2. The highest BCUT2D eigenvalue weighted by molar-refractivity contribution is 9.11. The lowest BCUT2D eigenvalue weighted by molar-refractivity contribution is -0.127. The maximum absolute atomic E-state index is 13.3. The van der Waals surface area contributed by atoms with Gasteiger partial charge in [0.25, 0.3) is 0 Å². The Morgan fingerprint density at radius 1 is 0.839 bits per heavy atom. The SMILES string of the molecule is C=C(Br)C[C@H](NC(=O)CC(c1ccccc1)(c1ccccc1)c1ccccc1)C(N)=O. The van der Waals surface area contributed by atoms with Crippen molar-refractivity contribution >= 4 is 27.7 Å². The van der Waals surface area contributed by atoms with Crippen molar-refractivity contribution in [3.05, 3.63) is 119 Å². The fourth-order valence-corrected chi connectivity index (χ4v) is 4.23. The van der Waals surface area contributed by atoms with E-state index in [2.05, 4.69) is 27.8 Å². The van der Waals surface area contributed by atoms with Gasteiger partial charge >= 0.3 is 0 Å². The average molecular weight is 477 g/mol. The van der Waals surface area contributed by atoms with Crippen molar-refractivity contribution < 1.29 is 9.59 Å². The molecule has 5 heteroatoms. The predicted molar refractivity (Wildman–Crippen MR) is 128 cm³/mol. The standard InChI is InChI=1S/C26H25BrN2O2/c1-19(27)17-23(25(28)31)29-24(30)18-26(20-11-5-2-6-12-20,21-13-7-3-8-14-21)22-15-9-4-10-16-22/h2-16,23H,1,17-18H2,(H2,28,31)(H,29,30)/t23-/m0/s1. The van der Waals surface area contributed by atoms with E-state index >= 15 is 0 Å². The summed E-state index contributed by atoms with van der Waals surface area (Å²) in [5.74, 6) is -0.868. The van der Waals surface area contributed by atoms with Gasteiger partial charge in [-0.2, -0.15) is 0 Å². The van der Waals surface area contributed by atoms with Crippen LogP contribution in [0.5, 0.6) is 0 Å². The van der Waals surface area contributed by atoms with Crippen LogP contribution in [0, 0.1) is 0 Å². The van der Waals surface area contributed by atoms with Crippen molar-refractivity contribution in [3.63, 3.8) is 0 Å². The number of carbonyl (C=O) groups is 2. The Kier molecular flexibility index (Phi) is 7.42. The summed E-state index contributed by atoms with van der Waals surface area (Å²) in [7, 11) is 0. The lowest BCUT2D eigenvalue weighted by Gasteiger charge is -2.36. The normalized spacial score (nSPS) is 12.0. The van der Waals surface area contributed by atoms with Gasteiger partial charge in [-0.25, -0.2) is 0 Å². The van der Waals surface area contributed by atoms with E-state index in [1.165, 1.54) is 0 Å². The highest BCUT2D eigenvalue weighted by Crippen LogP contribution is 2.42. The van der Waals surface area contributed by atoms with Crippen LogP contribution in [0.3, 0.4) is 0 Å². The third-order valence-electron chi connectivity index (χ3n) is 5.33. The maximum atomic E-state index is 13.3. The third kappa shape index (κ3) is 5.30. The Labute approximate surface area is 191 Å². The van der Waals surface area contributed by atoms with Crippen LogP contribution in [-0.2, 0) is 15.0 Å². The zero-order valence-corrected chi connectivity index (χ0v) is 18.7. The van der Waals surface area contributed by atoms with Crippen LogP contribution in [0.15, 0.2) is 102 Å². The molecule has 3 aromatic rings.